The second kappa shape index (κ2) is 6.51. The first-order valence-corrected chi connectivity index (χ1v) is 9.64. The quantitative estimate of drug-likeness (QED) is 0.887. The summed E-state index contributed by atoms with van der Waals surface area (Å²) < 4.78 is 41.1. The minimum Gasteiger partial charge on any atom is -0.373 e. The van der Waals surface area contributed by atoms with Gasteiger partial charge in [0.2, 0.25) is 0 Å². The maximum Gasteiger partial charge on any atom is 0.259 e. The van der Waals surface area contributed by atoms with Crippen LogP contribution in [0.5, 0.6) is 0 Å². The van der Waals surface area contributed by atoms with Gasteiger partial charge in [0.05, 0.1) is 25.4 Å². The number of fused-ring (bicyclic) bond motifs is 1. The van der Waals surface area contributed by atoms with Crippen LogP contribution in [-0.4, -0.2) is 49.4 Å². The van der Waals surface area contributed by atoms with Crippen LogP contribution in [0.3, 0.4) is 0 Å². The van der Waals surface area contributed by atoms with E-state index in [0.29, 0.717) is 19.6 Å². The van der Waals surface area contributed by atoms with E-state index in [-0.39, 0.29) is 29.2 Å². The summed E-state index contributed by atoms with van der Waals surface area (Å²) in [4.78, 5) is 4.28. The normalized spacial score (nSPS) is 28.8. The van der Waals surface area contributed by atoms with E-state index in [0.717, 1.165) is 18.7 Å². The van der Waals surface area contributed by atoms with E-state index in [4.69, 9.17) is 9.47 Å². The van der Waals surface area contributed by atoms with E-state index in [1.54, 1.807) is 10.8 Å². The summed E-state index contributed by atoms with van der Waals surface area (Å²) in [6.45, 7) is 5.20. The van der Waals surface area contributed by atoms with Gasteiger partial charge in [-0.2, -0.15) is 0 Å². The summed E-state index contributed by atoms with van der Waals surface area (Å²) in [5, 5.41) is 0.0895. The van der Waals surface area contributed by atoms with E-state index in [9.17, 15) is 8.42 Å². The van der Waals surface area contributed by atoms with Crippen molar-refractivity contribution in [1.82, 2.24) is 14.3 Å². The van der Waals surface area contributed by atoms with Gasteiger partial charge in [0, 0.05) is 25.2 Å². The van der Waals surface area contributed by atoms with Crippen molar-refractivity contribution in [2.45, 2.75) is 62.3 Å². The van der Waals surface area contributed by atoms with Gasteiger partial charge in [0.1, 0.15) is 5.82 Å². The lowest BCUT2D eigenvalue weighted by Crippen LogP contribution is -2.49. The van der Waals surface area contributed by atoms with Crippen molar-refractivity contribution < 1.29 is 17.9 Å². The van der Waals surface area contributed by atoms with E-state index in [1.807, 2.05) is 20.9 Å². The maximum absolute atomic E-state index is 12.6. The first kappa shape index (κ1) is 16.9. The Kier molecular flexibility index (Phi) is 4.78. The molecule has 1 saturated carbocycles. The van der Waals surface area contributed by atoms with Gasteiger partial charge in [-0.15, -0.1) is 0 Å². The van der Waals surface area contributed by atoms with E-state index >= 15 is 0 Å². The third-order valence-electron chi connectivity index (χ3n) is 4.48. The molecule has 3 unspecified atom stereocenters. The van der Waals surface area contributed by atoms with Crippen LogP contribution in [0, 0.1) is 0 Å². The highest BCUT2D eigenvalue weighted by Gasteiger charge is 2.36. The Morgan fingerprint density at radius 1 is 1.26 bits per heavy atom. The number of hydrogen-bond acceptors (Lipinski definition) is 5. The molecule has 0 amide bonds. The summed E-state index contributed by atoms with van der Waals surface area (Å²) >= 11 is 0. The molecule has 0 spiro atoms. The highest BCUT2D eigenvalue weighted by Crippen LogP contribution is 2.27. The highest BCUT2D eigenvalue weighted by atomic mass is 32.2. The van der Waals surface area contributed by atoms with Crippen molar-refractivity contribution in [3.8, 4) is 0 Å². The van der Waals surface area contributed by atoms with Gasteiger partial charge in [0.25, 0.3) is 10.0 Å². The minimum atomic E-state index is -3.61. The zero-order chi connectivity index (χ0) is 16.6. The van der Waals surface area contributed by atoms with E-state index in [1.165, 1.54) is 0 Å². The lowest BCUT2D eigenvalue weighted by atomic mass is 9.90. The van der Waals surface area contributed by atoms with Gasteiger partial charge in [-0.25, -0.2) is 18.1 Å². The molecule has 3 rings (SSSR count). The summed E-state index contributed by atoms with van der Waals surface area (Å²) in [7, 11) is -1.79. The Morgan fingerprint density at radius 3 is 2.61 bits per heavy atom. The second-order valence-electron chi connectivity index (χ2n) is 6.65. The molecular weight excluding hydrogens is 318 g/mol. The van der Waals surface area contributed by atoms with Crippen LogP contribution < -0.4 is 4.72 Å². The fourth-order valence-electron chi connectivity index (χ4n) is 3.37. The first-order valence-electron chi connectivity index (χ1n) is 8.15. The zero-order valence-corrected chi connectivity index (χ0v) is 14.7. The molecule has 1 aliphatic heterocycles. The molecular formula is C15H25N3O4S. The molecule has 0 radical (unpaired) electrons. The number of ether oxygens (including phenoxy) is 2. The topological polar surface area (TPSA) is 82.5 Å². The second-order valence-corrected chi connectivity index (χ2v) is 8.31. The predicted molar refractivity (Wildman–Crippen MR) is 84.7 cm³/mol. The van der Waals surface area contributed by atoms with Crippen LogP contribution in [0.25, 0.3) is 0 Å². The highest BCUT2D eigenvalue weighted by molar-refractivity contribution is 7.89. The maximum atomic E-state index is 12.6. The fraction of sp³-hybridized carbons (Fsp3) is 0.800. The molecule has 3 atom stereocenters. The van der Waals surface area contributed by atoms with Gasteiger partial charge in [-0.3, -0.25) is 0 Å². The molecule has 0 aromatic carbocycles. The van der Waals surface area contributed by atoms with Crippen molar-refractivity contribution in [2.75, 3.05) is 13.2 Å². The Morgan fingerprint density at radius 2 is 1.96 bits per heavy atom. The number of rotatable bonds is 4. The molecule has 7 nitrogen and oxygen atoms in total. The molecule has 1 saturated heterocycles. The standard InChI is InChI=1S/C15H25N3O4S/c1-10(2)15-16-14(9-18(15)3)23(19,20)17-11-4-5-12-13(8-11)22-7-6-21-12/h9-13,17H,4-8H2,1-3H3. The van der Waals surface area contributed by atoms with Crippen molar-refractivity contribution in [3.63, 3.8) is 0 Å². The largest absolute Gasteiger partial charge is 0.373 e. The molecule has 0 bridgehead atoms. The minimum absolute atomic E-state index is 0.0137. The van der Waals surface area contributed by atoms with Crippen LogP contribution in [0.15, 0.2) is 11.2 Å². The molecule has 2 fully saturated rings. The predicted octanol–water partition coefficient (Wildman–Crippen LogP) is 1.16. The monoisotopic (exact) mass is 343 g/mol. The molecule has 2 aliphatic rings. The van der Waals surface area contributed by atoms with Crippen molar-refractivity contribution in [3.05, 3.63) is 12.0 Å². The summed E-state index contributed by atoms with van der Waals surface area (Å²) in [6, 6.07) is -0.132. The average Bonchev–Trinajstić information content (AvgIpc) is 2.90. The first-order chi connectivity index (χ1) is 10.9. The van der Waals surface area contributed by atoms with Crippen LogP contribution in [0.4, 0.5) is 0 Å². The summed E-state index contributed by atoms with van der Waals surface area (Å²) in [5.41, 5.74) is 0. The average molecular weight is 343 g/mol. The number of sulfonamides is 1. The van der Waals surface area contributed by atoms with Gasteiger partial charge in [-0.1, -0.05) is 13.8 Å². The Bertz CT molecular complexity index is 656. The van der Waals surface area contributed by atoms with Gasteiger partial charge in [0.15, 0.2) is 5.03 Å². The third kappa shape index (κ3) is 3.60. The lowest BCUT2D eigenvalue weighted by Gasteiger charge is -2.38. The number of nitrogens with zero attached hydrogens (tertiary/aromatic N) is 2. The van der Waals surface area contributed by atoms with Crippen LogP contribution >= 0.6 is 0 Å². The molecule has 1 aliphatic carbocycles. The molecule has 130 valence electrons. The number of aryl methyl sites for hydroxylation is 1. The fourth-order valence-corrected chi connectivity index (χ4v) is 4.66. The van der Waals surface area contributed by atoms with Gasteiger partial charge >= 0.3 is 0 Å². The van der Waals surface area contributed by atoms with E-state index < -0.39 is 10.0 Å². The van der Waals surface area contributed by atoms with Crippen molar-refractivity contribution >= 4 is 10.0 Å². The zero-order valence-electron chi connectivity index (χ0n) is 13.9. The Labute approximate surface area is 137 Å². The van der Waals surface area contributed by atoms with E-state index in [2.05, 4.69) is 9.71 Å². The lowest BCUT2D eigenvalue weighted by molar-refractivity contribution is -0.156. The number of imidazole rings is 1. The molecule has 8 heteroatoms. The number of nitrogens with one attached hydrogen (secondary N) is 1. The Balaban J connectivity index is 1.70. The summed E-state index contributed by atoms with van der Waals surface area (Å²) in [5.74, 6) is 0.935. The smallest absolute Gasteiger partial charge is 0.259 e. The SMILES string of the molecule is CC(C)c1nc(S(=O)(=O)NC2CCC3OCCOC3C2)cn1C. The molecule has 2 heterocycles. The molecule has 1 aromatic heterocycles. The summed E-state index contributed by atoms with van der Waals surface area (Å²) in [6.07, 6.45) is 3.88. The van der Waals surface area contributed by atoms with Gasteiger partial charge in [-0.05, 0) is 19.3 Å². The van der Waals surface area contributed by atoms with Gasteiger partial charge < -0.3 is 14.0 Å². The van der Waals surface area contributed by atoms with Crippen molar-refractivity contribution in [2.24, 2.45) is 7.05 Å². The molecule has 1 aromatic rings. The molecule has 23 heavy (non-hydrogen) atoms. The van der Waals surface area contributed by atoms with Crippen LogP contribution in [0.1, 0.15) is 44.9 Å². The number of aromatic nitrogens is 2. The van der Waals surface area contributed by atoms with Crippen LogP contribution in [0.2, 0.25) is 0 Å². The van der Waals surface area contributed by atoms with Crippen LogP contribution in [-0.2, 0) is 26.5 Å². The molecule has 1 N–H and O–H groups in total. The Hall–Kier alpha value is -0.960. The third-order valence-corrected chi connectivity index (χ3v) is 5.87. The van der Waals surface area contributed by atoms with Crippen molar-refractivity contribution in [1.29, 1.82) is 0 Å². The number of hydrogen-bond donors (Lipinski definition) is 1.